The predicted octanol–water partition coefficient (Wildman–Crippen LogP) is 1.42. The van der Waals surface area contributed by atoms with Crippen molar-refractivity contribution >= 4 is 15.9 Å². The van der Waals surface area contributed by atoms with Gasteiger partial charge >= 0.3 is 0 Å². The summed E-state index contributed by atoms with van der Waals surface area (Å²) in [6.45, 7) is 0. The Morgan fingerprint density at radius 1 is 1.39 bits per heavy atom. The van der Waals surface area contributed by atoms with Gasteiger partial charge in [0.1, 0.15) is 10.6 Å². The van der Waals surface area contributed by atoms with Gasteiger partial charge in [-0.05, 0) is 30.5 Å². The molecule has 0 N–H and O–H groups in total. The smallest absolute Gasteiger partial charge is 0.235 e. The summed E-state index contributed by atoms with van der Waals surface area (Å²) in [5.74, 6) is 0.280. The molecule has 0 radical (unpaired) electrons. The first-order valence-corrected chi connectivity index (χ1v) is 7.30. The second-order valence-corrected chi connectivity index (χ2v) is 6.36. The number of hydrogen-bond acceptors (Lipinski definition) is 5. The van der Waals surface area contributed by atoms with Gasteiger partial charge in [-0.3, -0.25) is 0 Å². The molecule has 96 valence electrons. The topological polar surface area (TPSA) is 72.8 Å². The molecule has 1 fully saturated rings. The van der Waals surface area contributed by atoms with Crippen LogP contribution in [0, 0.1) is 0 Å². The van der Waals surface area contributed by atoms with E-state index >= 15 is 0 Å². The Kier molecular flexibility index (Phi) is 3.00. The van der Waals surface area contributed by atoms with Crippen molar-refractivity contribution in [2.24, 2.45) is 4.99 Å². The number of sulfone groups is 1. The Morgan fingerprint density at radius 2 is 2.06 bits per heavy atom. The molecule has 0 aromatic heterocycles. The van der Waals surface area contributed by atoms with Crippen molar-refractivity contribution in [2.75, 3.05) is 13.4 Å². The molecule has 0 saturated heterocycles. The molecule has 0 spiro atoms. The molecule has 1 aromatic rings. The number of rotatable bonds is 4. The van der Waals surface area contributed by atoms with E-state index in [0.29, 0.717) is 0 Å². The average Bonchev–Trinajstić information content (AvgIpc) is 3.08. The third-order valence-electron chi connectivity index (χ3n) is 3.08. The van der Waals surface area contributed by atoms with Gasteiger partial charge in [0.25, 0.3) is 0 Å². The van der Waals surface area contributed by atoms with Crippen molar-refractivity contribution in [1.82, 2.24) is 0 Å². The van der Waals surface area contributed by atoms with Crippen molar-refractivity contribution in [2.45, 2.75) is 23.3 Å². The van der Waals surface area contributed by atoms with E-state index in [1.165, 1.54) is 13.2 Å². The van der Waals surface area contributed by atoms with Crippen LogP contribution in [0.5, 0.6) is 5.75 Å². The number of isocyanates is 1. The van der Waals surface area contributed by atoms with Crippen molar-refractivity contribution in [3.63, 3.8) is 0 Å². The van der Waals surface area contributed by atoms with Gasteiger partial charge in [0, 0.05) is 6.26 Å². The van der Waals surface area contributed by atoms with Crippen LogP contribution in [0.25, 0.3) is 0 Å². The van der Waals surface area contributed by atoms with E-state index in [1.807, 2.05) is 0 Å². The fourth-order valence-corrected chi connectivity index (χ4v) is 2.76. The molecule has 1 aliphatic carbocycles. The van der Waals surface area contributed by atoms with Crippen LogP contribution < -0.4 is 4.74 Å². The third-order valence-corrected chi connectivity index (χ3v) is 4.22. The highest BCUT2D eigenvalue weighted by atomic mass is 32.2. The lowest BCUT2D eigenvalue weighted by atomic mass is 10.1. The summed E-state index contributed by atoms with van der Waals surface area (Å²) in [7, 11) is -1.92. The van der Waals surface area contributed by atoms with Gasteiger partial charge in [0.15, 0.2) is 9.84 Å². The molecule has 1 aliphatic rings. The minimum Gasteiger partial charge on any atom is -0.495 e. The zero-order chi connectivity index (χ0) is 13.4. The molecule has 0 bridgehead atoms. The zero-order valence-electron chi connectivity index (χ0n) is 10.1. The monoisotopic (exact) mass is 267 g/mol. The van der Waals surface area contributed by atoms with E-state index < -0.39 is 15.4 Å². The molecule has 0 heterocycles. The van der Waals surface area contributed by atoms with Gasteiger partial charge in [-0.15, -0.1) is 0 Å². The van der Waals surface area contributed by atoms with Crippen molar-refractivity contribution in [1.29, 1.82) is 0 Å². The summed E-state index contributed by atoms with van der Waals surface area (Å²) in [4.78, 5) is 14.3. The Bertz CT molecular complexity index is 625. The molecular weight excluding hydrogens is 254 g/mol. The van der Waals surface area contributed by atoms with E-state index in [2.05, 4.69) is 4.99 Å². The van der Waals surface area contributed by atoms with Crippen LogP contribution in [-0.2, 0) is 20.2 Å². The number of carbonyl (C=O) groups excluding carboxylic acids is 1. The van der Waals surface area contributed by atoms with E-state index in [0.717, 1.165) is 24.7 Å². The number of benzene rings is 1. The van der Waals surface area contributed by atoms with Crippen molar-refractivity contribution in [3.05, 3.63) is 23.8 Å². The fraction of sp³-hybridized carbons (Fsp3) is 0.417. The van der Waals surface area contributed by atoms with Crippen LogP contribution in [0.1, 0.15) is 18.4 Å². The molecule has 2 rings (SSSR count). The molecule has 0 aliphatic heterocycles. The predicted molar refractivity (Wildman–Crippen MR) is 65.1 cm³/mol. The van der Waals surface area contributed by atoms with Crippen LogP contribution in [0.15, 0.2) is 28.1 Å². The molecule has 5 nitrogen and oxygen atoms in total. The fourth-order valence-electron chi connectivity index (χ4n) is 1.93. The van der Waals surface area contributed by atoms with E-state index in [4.69, 9.17) is 4.74 Å². The summed E-state index contributed by atoms with van der Waals surface area (Å²) in [5, 5.41) is 0. The minimum atomic E-state index is -3.33. The van der Waals surface area contributed by atoms with Crippen LogP contribution in [-0.4, -0.2) is 27.9 Å². The SMILES string of the molecule is COc1cc(C2(N=C=O)CC2)ccc1S(C)(=O)=O. The third kappa shape index (κ3) is 2.17. The number of nitrogens with zero attached hydrogens (tertiary/aromatic N) is 1. The van der Waals surface area contributed by atoms with Gasteiger partial charge in [-0.25, -0.2) is 13.2 Å². The van der Waals surface area contributed by atoms with Crippen molar-refractivity contribution in [3.8, 4) is 5.75 Å². The highest BCUT2D eigenvalue weighted by Gasteiger charge is 2.45. The molecular formula is C12H13NO4S. The number of hydrogen-bond donors (Lipinski definition) is 0. The summed E-state index contributed by atoms with van der Waals surface area (Å²) >= 11 is 0. The Hall–Kier alpha value is -1.65. The Morgan fingerprint density at radius 3 is 2.50 bits per heavy atom. The number of methoxy groups -OCH3 is 1. The molecule has 0 amide bonds. The quantitative estimate of drug-likeness (QED) is 0.611. The highest BCUT2D eigenvalue weighted by molar-refractivity contribution is 7.90. The lowest BCUT2D eigenvalue weighted by Crippen LogP contribution is -2.06. The first-order valence-electron chi connectivity index (χ1n) is 5.40. The largest absolute Gasteiger partial charge is 0.495 e. The van der Waals surface area contributed by atoms with Crippen LogP contribution >= 0.6 is 0 Å². The molecule has 6 heteroatoms. The summed E-state index contributed by atoms with van der Waals surface area (Å²) in [6, 6.07) is 4.79. The van der Waals surface area contributed by atoms with Gasteiger partial charge in [0.2, 0.25) is 6.08 Å². The van der Waals surface area contributed by atoms with E-state index in [1.54, 1.807) is 18.2 Å². The van der Waals surface area contributed by atoms with E-state index in [9.17, 15) is 13.2 Å². The van der Waals surface area contributed by atoms with Gasteiger partial charge in [0.05, 0.1) is 12.6 Å². The molecule has 18 heavy (non-hydrogen) atoms. The molecule has 0 unspecified atom stereocenters. The first kappa shape index (κ1) is 12.8. The van der Waals surface area contributed by atoms with Gasteiger partial charge in [-0.2, -0.15) is 4.99 Å². The lowest BCUT2D eigenvalue weighted by Gasteiger charge is -2.12. The molecule has 1 aromatic carbocycles. The maximum Gasteiger partial charge on any atom is 0.235 e. The highest BCUT2D eigenvalue weighted by Crippen LogP contribution is 2.50. The van der Waals surface area contributed by atoms with Crippen LogP contribution in [0.4, 0.5) is 0 Å². The number of aliphatic imine (C=N–C) groups is 1. The Balaban J connectivity index is 2.53. The van der Waals surface area contributed by atoms with Gasteiger partial charge in [-0.1, -0.05) is 6.07 Å². The first-order chi connectivity index (χ1) is 8.43. The molecule has 1 saturated carbocycles. The molecule has 0 atom stereocenters. The van der Waals surface area contributed by atoms with Gasteiger partial charge < -0.3 is 4.74 Å². The lowest BCUT2D eigenvalue weighted by molar-refractivity contribution is 0.401. The average molecular weight is 267 g/mol. The summed E-state index contributed by atoms with van der Waals surface area (Å²) in [6.07, 6.45) is 4.23. The van der Waals surface area contributed by atoms with Crippen molar-refractivity contribution < 1.29 is 17.9 Å². The number of ether oxygens (including phenoxy) is 1. The summed E-state index contributed by atoms with van der Waals surface area (Å²) < 4.78 is 28.2. The standard InChI is InChI=1S/C12H13NO4S/c1-17-10-7-9(12(5-6-12)13-8-14)3-4-11(10)18(2,15)16/h3-4,7H,5-6H2,1-2H3. The maximum absolute atomic E-state index is 11.5. The van der Waals surface area contributed by atoms with E-state index in [-0.39, 0.29) is 10.6 Å². The zero-order valence-corrected chi connectivity index (χ0v) is 11.0. The normalized spacial score (nSPS) is 16.8. The van der Waals surface area contributed by atoms with Crippen LogP contribution in [0.2, 0.25) is 0 Å². The second-order valence-electron chi connectivity index (χ2n) is 4.37. The Labute approximate surface area is 105 Å². The minimum absolute atomic E-state index is 0.139. The maximum atomic E-state index is 11.5. The second kappa shape index (κ2) is 4.23. The summed E-state index contributed by atoms with van der Waals surface area (Å²) in [5.41, 5.74) is 0.264. The van der Waals surface area contributed by atoms with Crippen LogP contribution in [0.3, 0.4) is 0 Å².